The molecule has 4 heteroatoms. The minimum atomic E-state index is 0.115. The second-order valence-electron chi connectivity index (χ2n) is 4.72. The van der Waals surface area contributed by atoms with Crippen molar-refractivity contribution in [3.05, 3.63) is 16.1 Å². The van der Waals surface area contributed by atoms with E-state index in [0.29, 0.717) is 12.5 Å². The Bertz CT molecular complexity index is 375. The molecule has 2 rings (SSSR count). The summed E-state index contributed by atoms with van der Waals surface area (Å²) in [6, 6.07) is 0.391. The maximum Gasteiger partial charge on any atom is 0.226 e. The molecular weight excluding hydrogens is 220 g/mol. The summed E-state index contributed by atoms with van der Waals surface area (Å²) < 4.78 is 0. The van der Waals surface area contributed by atoms with E-state index in [9.17, 15) is 4.79 Å². The molecule has 0 saturated heterocycles. The van der Waals surface area contributed by atoms with Crippen molar-refractivity contribution >= 4 is 17.2 Å². The third kappa shape index (κ3) is 3.04. The number of carbonyl (C=O) groups is 1. The van der Waals surface area contributed by atoms with E-state index in [1.54, 1.807) is 11.3 Å². The van der Waals surface area contributed by atoms with Crippen LogP contribution in [0.3, 0.4) is 0 Å². The van der Waals surface area contributed by atoms with Crippen LogP contribution in [0.4, 0.5) is 0 Å². The first-order valence-electron chi connectivity index (χ1n) is 5.84. The van der Waals surface area contributed by atoms with Crippen LogP contribution in [0, 0.1) is 12.8 Å². The fraction of sp³-hybridized carbons (Fsp3) is 0.667. The Morgan fingerprint density at radius 2 is 2.44 bits per heavy atom. The number of carbonyl (C=O) groups excluding carboxylic acids is 1. The molecule has 0 aliphatic heterocycles. The quantitative estimate of drug-likeness (QED) is 0.878. The molecular formula is C12H18N2OS. The maximum atomic E-state index is 11.7. The van der Waals surface area contributed by atoms with Crippen LogP contribution in [0.15, 0.2) is 5.38 Å². The molecule has 16 heavy (non-hydrogen) atoms. The highest BCUT2D eigenvalue weighted by molar-refractivity contribution is 7.09. The smallest absolute Gasteiger partial charge is 0.226 e. The molecule has 2 atom stereocenters. The van der Waals surface area contributed by atoms with Crippen LogP contribution in [0.2, 0.25) is 0 Å². The van der Waals surface area contributed by atoms with Crippen molar-refractivity contribution in [3.8, 4) is 0 Å². The summed E-state index contributed by atoms with van der Waals surface area (Å²) in [5, 5.41) is 6.08. The van der Waals surface area contributed by atoms with Gasteiger partial charge in [-0.3, -0.25) is 4.79 Å². The molecule has 1 aliphatic carbocycles. The summed E-state index contributed by atoms with van der Waals surface area (Å²) in [6.07, 6.45) is 3.92. The Hall–Kier alpha value is -0.900. The minimum Gasteiger partial charge on any atom is -0.353 e. The lowest BCUT2D eigenvalue weighted by Gasteiger charge is -2.11. The molecule has 2 unspecified atom stereocenters. The predicted molar refractivity (Wildman–Crippen MR) is 65.5 cm³/mol. The summed E-state index contributed by atoms with van der Waals surface area (Å²) in [4.78, 5) is 16.0. The third-order valence-corrected chi connectivity index (χ3v) is 3.89. The van der Waals surface area contributed by atoms with Gasteiger partial charge in [-0.25, -0.2) is 4.98 Å². The van der Waals surface area contributed by atoms with E-state index in [1.807, 2.05) is 12.3 Å². The topological polar surface area (TPSA) is 42.0 Å². The number of rotatable bonds is 3. The van der Waals surface area contributed by atoms with Gasteiger partial charge in [0.2, 0.25) is 5.91 Å². The first-order chi connectivity index (χ1) is 7.63. The lowest BCUT2D eigenvalue weighted by atomic mass is 10.1. The molecule has 1 aromatic heterocycles. The molecule has 88 valence electrons. The van der Waals surface area contributed by atoms with Crippen LogP contribution >= 0.6 is 11.3 Å². The first-order valence-corrected chi connectivity index (χ1v) is 6.72. The van der Waals surface area contributed by atoms with Gasteiger partial charge in [0.05, 0.1) is 17.1 Å². The molecule has 1 fully saturated rings. The molecule has 0 radical (unpaired) electrons. The number of thiazole rings is 1. The van der Waals surface area contributed by atoms with Crippen LogP contribution in [0.5, 0.6) is 0 Å². The van der Waals surface area contributed by atoms with Crippen molar-refractivity contribution in [1.82, 2.24) is 10.3 Å². The van der Waals surface area contributed by atoms with Crippen LogP contribution in [0.1, 0.15) is 36.9 Å². The number of hydrogen-bond donors (Lipinski definition) is 1. The first kappa shape index (κ1) is 11.6. The fourth-order valence-electron chi connectivity index (χ4n) is 2.27. The molecule has 1 amide bonds. The zero-order valence-electron chi connectivity index (χ0n) is 9.82. The van der Waals surface area contributed by atoms with Gasteiger partial charge in [-0.05, 0) is 32.1 Å². The van der Waals surface area contributed by atoms with Crippen molar-refractivity contribution in [2.24, 2.45) is 5.92 Å². The van der Waals surface area contributed by atoms with Crippen LogP contribution in [-0.4, -0.2) is 16.9 Å². The van der Waals surface area contributed by atoms with Gasteiger partial charge in [0, 0.05) is 11.4 Å². The van der Waals surface area contributed by atoms with E-state index < -0.39 is 0 Å². The van der Waals surface area contributed by atoms with Crippen molar-refractivity contribution in [3.63, 3.8) is 0 Å². The normalized spacial score (nSPS) is 24.6. The molecule has 0 spiro atoms. The van der Waals surface area contributed by atoms with E-state index in [-0.39, 0.29) is 5.91 Å². The summed E-state index contributed by atoms with van der Waals surface area (Å²) >= 11 is 1.60. The van der Waals surface area contributed by atoms with Crippen molar-refractivity contribution < 1.29 is 4.79 Å². The molecule has 1 aromatic rings. The zero-order valence-corrected chi connectivity index (χ0v) is 10.6. The van der Waals surface area contributed by atoms with Crippen LogP contribution in [-0.2, 0) is 11.2 Å². The molecule has 3 nitrogen and oxygen atoms in total. The Morgan fingerprint density at radius 3 is 3.00 bits per heavy atom. The Kier molecular flexibility index (Phi) is 3.59. The van der Waals surface area contributed by atoms with E-state index >= 15 is 0 Å². The SMILES string of the molecule is Cc1nc(CC(=O)NC2CCC(C)C2)cs1. The van der Waals surface area contributed by atoms with Gasteiger partial charge in [-0.2, -0.15) is 0 Å². The Morgan fingerprint density at radius 1 is 1.62 bits per heavy atom. The highest BCUT2D eigenvalue weighted by Crippen LogP contribution is 2.24. The molecule has 0 bridgehead atoms. The molecule has 1 heterocycles. The summed E-state index contributed by atoms with van der Waals surface area (Å²) in [6.45, 7) is 4.21. The van der Waals surface area contributed by atoms with Gasteiger partial charge in [0.1, 0.15) is 0 Å². The average molecular weight is 238 g/mol. The van der Waals surface area contributed by atoms with Crippen molar-refractivity contribution in [2.45, 2.75) is 45.6 Å². The number of nitrogens with zero attached hydrogens (tertiary/aromatic N) is 1. The Labute approximate surface area is 100 Å². The summed E-state index contributed by atoms with van der Waals surface area (Å²) in [5.41, 5.74) is 0.894. The number of hydrogen-bond acceptors (Lipinski definition) is 3. The zero-order chi connectivity index (χ0) is 11.5. The van der Waals surface area contributed by atoms with Gasteiger partial charge in [0.15, 0.2) is 0 Å². The highest BCUT2D eigenvalue weighted by Gasteiger charge is 2.22. The van der Waals surface area contributed by atoms with Crippen molar-refractivity contribution in [2.75, 3.05) is 0 Å². The lowest BCUT2D eigenvalue weighted by Crippen LogP contribution is -2.34. The molecule has 1 saturated carbocycles. The lowest BCUT2D eigenvalue weighted by molar-refractivity contribution is -0.121. The Balaban J connectivity index is 1.80. The summed E-state index contributed by atoms with van der Waals surface area (Å²) in [5.74, 6) is 0.871. The number of amides is 1. The minimum absolute atomic E-state index is 0.115. The van der Waals surface area contributed by atoms with E-state index in [1.165, 1.54) is 6.42 Å². The maximum absolute atomic E-state index is 11.7. The van der Waals surface area contributed by atoms with Crippen LogP contribution in [0.25, 0.3) is 0 Å². The van der Waals surface area contributed by atoms with Crippen LogP contribution < -0.4 is 5.32 Å². The van der Waals surface area contributed by atoms with E-state index in [0.717, 1.165) is 29.5 Å². The second-order valence-corrected chi connectivity index (χ2v) is 5.78. The second kappa shape index (κ2) is 4.95. The average Bonchev–Trinajstić information content (AvgIpc) is 2.76. The molecule has 1 N–H and O–H groups in total. The van der Waals surface area contributed by atoms with E-state index in [4.69, 9.17) is 0 Å². The van der Waals surface area contributed by atoms with Gasteiger partial charge in [-0.1, -0.05) is 6.92 Å². The predicted octanol–water partition coefficient (Wildman–Crippen LogP) is 2.30. The highest BCUT2D eigenvalue weighted by atomic mass is 32.1. The van der Waals surface area contributed by atoms with Crippen molar-refractivity contribution in [1.29, 1.82) is 0 Å². The van der Waals surface area contributed by atoms with Gasteiger partial charge >= 0.3 is 0 Å². The fourth-order valence-corrected chi connectivity index (χ4v) is 2.88. The molecule has 1 aliphatic rings. The molecule has 0 aromatic carbocycles. The van der Waals surface area contributed by atoms with E-state index in [2.05, 4.69) is 17.2 Å². The largest absolute Gasteiger partial charge is 0.353 e. The number of aromatic nitrogens is 1. The standard InChI is InChI=1S/C12H18N2OS/c1-8-3-4-10(5-8)14-12(15)6-11-7-16-9(2)13-11/h7-8,10H,3-6H2,1-2H3,(H,14,15). The summed E-state index contributed by atoms with van der Waals surface area (Å²) in [7, 11) is 0. The monoisotopic (exact) mass is 238 g/mol. The number of aryl methyl sites for hydroxylation is 1. The van der Waals surface area contributed by atoms with Gasteiger partial charge in [0.25, 0.3) is 0 Å². The van der Waals surface area contributed by atoms with Gasteiger partial charge in [-0.15, -0.1) is 11.3 Å². The number of nitrogens with one attached hydrogen (secondary N) is 1. The third-order valence-electron chi connectivity index (χ3n) is 3.07. The van der Waals surface area contributed by atoms with Gasteiger partial charge < -0.3 is 5.32 Å².